The van der Waals surface area contributed by atoms with E-state index in [2.05, 4.69) is 0 Å². The molecule has 0 fully saturated rings. The fourth-order valence-electron chi connectivity index (χ4n) is 3.42. The van der Waals surface area contributed by atoms with Crippen LogP contribution in [0, 0.1) is 6.92 Å². The molecule has 158 valence electrons. The van der Waals surface area contributed by atoms with Crippen molar-refractivity contribution in [2.45, 2.75) is 39.5 Å². The highest BCUT2D eigenvalue weighted by Gasteiger charge is 2.25. The molecule has 0 aliphatic carbocycles. The van der Waals surface area contributed by atoms with E-state index in [4.69, 9.17) is 9.15 Å². The van der Waals surface area contributed by atoms with Crippen LogP contribution in [-0.2, 0) is 6.42 Å². The summed E-state index contributed by atoms with van der Waals surface area (Å²) in [5, 5.41) is 40.5. The molecule has 8 heteroatoms. The Morgan fingerprint density at radius 2 is 1.80 bits per heavy atom. The lowest BCUT2D eigenvalue weighted by atomic mass is 9.98. The van der Waals surface area contributed by atoms with E-state index in [1.807, 2.05) is 6.92 Å². The van der Waals surface area contributed by atoms with Crippen LogP contribution in [0.25, 0.3) is 10.8 Å². The third kappa shape index (κ3) is 4.03. The maximum atomic E-state index is 12.4. The van der Waals surface area contributed by atoms with Crippen molar-refractivity contribution in [1.82, 2.24) is 0 Å². The smallest absolute Gasteiger partial charge is 0.347 e. The summed E-state index contributed by atoms with van der Waals surface area (Å²) in [5.74, 6) is -2.61. The summed E-state index contributed by atoms with van der Waals surface area (Å²) in [7, 11) is 0. The normalized spacial score (nSPS) is 11.0. The van der Waals surface area contributed by atoms with E-state index in [-0.39, 0.29) is 40.2 Å². The zero-order chi connectivity index (χ0) is 22.0. The van der Waals surface area contributed by atoms with Crippen molar-refractivity contribution >= 4 is 16.7 Å². The molecule has 0 aliphatic heterocycles. The molecule has 0 atom stereocenters. The van der Waals surface area contributed by atoms with Gasteiger partial charge >= 0.3 is 11.6 Å². The summed E-state index contributed by atoms with van der Waals surface area (Å²) in [6, 6.07) is 4.97. The number of carboxylic acid groups (broad SMARTS) is 1. The number of aromatic hydroxyl groups is 3. The number of rotatable bonds is 7. The Morgan fingerprint density at radius 3 is 2.47 bits per heavy atom. The summed E-state index contributed by atoms with van der Waals surface area (Å²) < 4.78 is 10.9. The molecule has 0 aliphatic rings. The SMILES string of the molecule is CCCCCc1c(Oc2cc(O)cc3cc(C)oc(=O)c23)c(O)cc(O)c1C(=O)O. The van der Waals surface area contributed by atoms with Crippen LogP contribution in [0.15, 0.2) is 33.5 Å². The van der Waals surface area contributed by atoms with E-state index in [1.54, 1.807) is 13.0 Å². The lowest BCUT2D eigenvalue weighted by molar-refractivity contribution is 0.0692. The van der Waals surface area contributed by atoms with E-state index in [1.165, 1.54) is 12.1 Å². The number of hydrogen-bond donors (Lipinski definition) is 4. The van der Waals surface area contributed by atoms with Crippen molar-refractivity contribution in [2.24, 2.45) is 0 Å². The van der Waals surface area contributed by atoms with Gasteiger partial charge in [-0.2, -0.15) is 0 Å². The maximum Gasteiger partial charge on any atom is 0.347 e. The van der Waals surface area contributed by atoms with Gasteiger partial charge in [0.2, 0.25) is 0 Å². The molecular weight excluding hydrogens is 392 g/mol. The number of unbranched alkanes of at least 4 members (excludes halogenated alkanes) is 2. The first-order chi connectivity index (χ1) is 14.2. The average molecular weight is 414 g/mol. The Morgan fingerprint density at radius 1 is 1.07 bits per heavy atom. The molecule has 0 saturated heterocycles. The minimum absolute atomic E-state index is 0.0299. The van der Waals surface area contributed by atoms with Crippen LogP contribution in [0.1, 0.15) is 47.9 Å². The number of carboxylic acids is 1. The van der Waals surface area contributed by atoms with Gasteiger partial charge in [-0.3, -0.25) is 0 Å². The zero-order valence-electron chi connectivity index (χ0n) is 16.6. The van der Waals surface area contributed by atoms with Gasteiger partial charge in [-0.05, 0) is 37.3 Å². The Hall–Kier alpha value is -3.68. The third-order valence-corrected chi connectivity index (χ3v) is 4.73. The molecular formula is C22H22O8. The van der Waals surface area contributed by atoms with E-state index in [0.29, 0.717) is 17.6 Å². The van der Waals surface area contributed by atoms with E-state index >= 15 is 0 Å². The fourth-order valence-corrected chi connectivity index (χ4v) is 3.42. The number of benzene rings is 2. The predicted octanol–water partition coefficient (Wildman–Crippen LogP) is 4.44. The Labute approximate surface area is 171 Å². The van der Waals surface area contributed by atoms with Gasteiger partial charge in [0.05, 0.1) is 0 Å². The van der Waals surface area contributed by atoms with Gasteiger partial charge in [-0.1, -0.05) is 19.8 Å². The molecule has 4 N–H and O–H groups in total. The average Bonchev–Trinajstić information content (AvgIpc) is 2.63. The van der Waals surface area contributed by atoms with Gasteiger partial charge in [-0.15, -0.1) is 0 Å². The van der Waals surface area contributed by atoms with Crippen molar-refractivity contribution in [3.05, 3.63) is 51.6 Å². The Balaban J connectivity index is 2.23. The highest BCUT2D eigenvalue weighted by atomic mass is 16.5. The quantitative estimate of drug-likeness (QED) is 0.416. The number of aromatic carboxylic acids is 1. The lowest BCUT2D eigenvalue weighted by Crippen LogP contribution is -2.07. The van der Waals surface area contributed by atoms with Gasteiger partial charge in [0.1, 0.15) is 34.0 Å². The number of phenols is 3. The third-order valence-electron chi connectivity index (χ3n) is 4.73. The van der Waals surface area contributed by atoms with E-state index in [9.17, 15) is 30.0 Å². The highest BCUT2D eigenvalue weighted by Crippen LogP contribution is 2.43. The topological polar surface area (TPSA) is 137 Å². The second-order valence-corrected chi connectivity index (χ2v) is 7.01. The summed E-state index contributed by atoms with van der Waals surface area (Å²) in [5.41, 5.74) is -0.989. The second kappa shape index (κ2) is 8.36. The Bertz CT molecular complexity index is 1170. The van der Waals surface area contributed by atoms with Crippen molar-refractivity contribution in [1.29, 1.82) is 0 Å². The molecule has 8 nitrogen and oxygen atoms in total. The second-order valence-electron chi connectivity index (χ2n) is 7.01. The van der Waals surface area contributed by atoms with E-state index in [0.717, 1.165) is 18.9 Å². The number of fused-ring (bicyclic) bond motifs is 1. The molecule has 0 unspecified atom stereocenters. The number of phenolic OH excluding ortho intramolecular Hbond substituents is 2. The molecule has 0 amide bonds. The van der Waals surface area contributed by atoms with Crippen LogP contribution in [0.5, 0.6) is 28.7 Å². The summed E-state index contributed by atoms with van der Waals surface area (Å²) in [6.45, 7) is 3.57. The van der Waals surface area contributed by atoms with Crippen molar-refractivity contribution in [2.75, 3.05) is 0 Å². The molecule has 0 saturated carbocycles. The minimum Gasteiger partial charge on any atom is -0.508 e. The minimum atomic E-state index is -1.38. The first kappa shape index (κ1) is 21.0. The monoisotopic (exact) mass is 414 g/mol. The summed E-state index contributed by atoms with van der Waals surface area (Å²) in [6.07, 6.45) is 2.49. The number of carbonyl (C=O) groups is 1. The van der Waals surface area contributed by atoms with Crippen LogP contribution >= 0.6 is 0 Å². The van der Waals surface area contributed by atoms with Gasteiger partial charge in [0, 0.05) is 17.7 Å². The molecule has 3 rings (SSSR count). The molecule has 3 aromatic rings. The molecule has 30 heavy (non-hydrogen) atoms. The van der Waals surface area contributed by atoms with Crippen molar-refractivity contribution in [3.8, 4) is 28.7 Å². The molecule has 0 spiro atoms. The molecule has 0 radical (unpaired) electrons. The molecule has 0 bridgehead atoms. The predicted molar refractivity (Wildman–Crippen MR) is 109 cm³/mol. The van der Waals surface area contributed by atoms with Crippen molar-refractivity contribution in [3.63, 3.8) is 0 Å². The van der Waals surface area contributed by atoms with Crippen molar-refractivity contribution < 1.29 is 34.4 Å². The van der Waals surface area contributed by atoms with Crippen LogP contribution < -0.4 is 10.4 Å². The number of aryl methyl sites for hydroxylation is 1. The maximum absolute atomic E-state index is 12.4. The van der Waals surface area contributed by atoms with Gasteiger partial charge in [0.25, 0.3) is 0 Å². The first-order valence-corrected chi connectivity index (χ1v) is 9.49. The van der Waals surface area contributed by atoms with Gasteiger partial charge < -0.3 is 29.6 Å². The summed E-state index contributed by atoms with van der Waals surface area (Å²) in [4.78, 5) is 24.2. The zero-order valence-corrected chi connectivity index (χ0v) is 16.6. The van der Waals surface area contributed by atoms with Crippen LogP contribution in [0.2, 0.25) is 0 Å². The number of ether oxygens (including phenoxy) is 1. The van der Waals surface area contributed by atoms with Crippen LogP contribution in [-0.4, -0.2) is 26.4 Å². The number of hydrogen-bond acceptors (Lipinski definition) is 7. The van der Waals surface area contributed by atoms with Crippen LogP contribution in [0.3, 0.4) is 0 Å². The lowest BCUT2D eigenvalue weighted by Gasteiger charge is -2.17. The standard InChI is InChI=1S/C22H22O8/c1-3-4-5-6-14-19(21(26)27)15(24)10-16(25)20(14)30-17-9-13(23)8-12-7-11(2)29-22(28)18(12)17/h7-10,23-25H,3-6H2,1-2H3,(H,26,27). The Kier molecular flexibility index (Phi) is 5.86. The summed E-state index contributed by atoms with van der Waals surface area (Å²) >= 11 is 0. The molecule has 2 aromatic carbocycles. The molecule has 1 heterocycles. The van der Waals surface area contributed by atoms with Gasteiger partial charge in [0.15, 0.2) is 11.5 Å². The van der Waals surface area contributed by atoms with E-state index < -0.39 is 23.1 Å². The fraction of sp³-hybridized carbons (Fsp3) is 0.273. The molecule has 1 aromatic heterocycles. The van der Waals surface area contributed by atoms with Crippen LogP contribution in [0.4, 0.5) is 0 Å². The largest absolute Gasteiger partial charge is 0.508 e. The van der Waals surface area contributed by atoms with Gasteiger partial charge in [-0.25, -0.2) is 9.59 Å². The first-order valence-electron chi connectivity index (χ1n) is 9.49. The highest BCUT2D eigenvalue weighted by molar-refractivity contribution is 5.94.